The number of carbonyl (C=O) groups is 1. The first-order chi connectivity index (χ1) is 8.13. The second-order valence-electron chi connectivity index (χ2n) is 3.44. The molecule has 0 atom stereocenters. The highest BCUT2D eigenvalue weighted by Gasteiger charge is 2.02. The van der Waals surface area contributed by atoms with Gasteiger partial charge in [-0.05, 0) is 50.9 Å². The predicted octanol–water partition coefficient (Wildman–Crippen LogP) is 2.65. The van der Waals surface area contributed by atoms with Crippen LogP contribution in [-0.4, -0.2) is 24.6 Å². The standard InChI is InChI=1S/C11H14Br2N2O2/c1-17-11(16)3-2-4-14-7-10-9(13)5-8(12)6-15-10/h5-6,14H,2-4,7H2,1H3. The Hall–Kier alpha value is -0.460. The Morgan fingerprint density at radius 3 is 2.94 bits per heavy atom. The van der Waals surface area contributed by atoms with Crippen LogP contribution < -0.4 is 5.32 Å². The van der Waals surface area contributed by atoms with Crippen molar-refractivity contribution in [1.29, 1.82) is 0 Å². The van der Waals surface area contributed by atoms with E-state index in [-0.39, 0.29) is 5.97 Å². The normalized spacial score (nSPS) is 10.3. The molecule has 1 heterocycles. The number of hydrogen-bond donors (Lipinski definition) is 1. The maximum absolute atomic E-state index is 10.9. The number of pyridine rings is 1. The number of methoxy groups -OCH3 is 1. The van der Waals surface area contributed by atoms with Crippen molar-refractivity contribution in [3.8, 4) is 0 Å². The van der Waals surface area contributed by atoms with Gasteiger partial charge in [0.2, 0.25) is 0 Å². The maximum atomic E-state index is 10.9. The van der Waals surface area contributed by atoms with Crippen molar-refractivity contribution < 1.29 is 9.53 Å². The highest BCUT2D eigenvalue weighted by molar-refractivity contribution is 9.11. The van der Waals surface area contributed by atoms with Crippen LogP contribution in [0, 0.1) is 0 Å². The topological polar surface area (TPSA) is 51.2 Å². The Morgan fingerprint density at radius 2 is 2.29 bits per heavy atom. The Balaban J connectivity index is 2.24. The highest BCUT2D eigenvalue weighted by Crippen LogP contribution is 2.19. The molecule has 0 radical (unpaired) electrons. The summed E-state index contributed by atoms with van der Waals surface area (Å²) in [5, 5.41) is 3.23. The van der Waals surface area contributed by atoms with Gasteiger partial charge in [0.1, 0.15) is 0 Å². The third kappa shape index (κ3) is 5.61. The van der Waals surface area contributed by atoms with Crippen LogP contribution in [0.1, 0.15) is 18.5 Å². The summed E-state index contributed by atoms with van der Waals surface area (Å²) >= 11 is 6.79. The monoisotopic (exact) mass is 364 g/mol. The molecule has 1 N–H and O–H groups in total. The molecule has 0 unspecified atom stereocenters. The summed E-state index contributed by atoms with van der Waals surface area (Å²) in [6, 6.07) is 1.96. The molecule has 6 heteroatoms. The number of carbonyl (C=O) groups excluding carboxylic acids is 1. The Kier molecular flexibility index (Phi) is 6.69. The van der Waals surface area contributed by atoms with Gasteiger partial charge >= 0.3 is 5.97 Å². The van der Waals surface area contributed by atoms with E-state index in [0.29, 0.717) is 13.0 Å². The van der Waals surface area contributed by atoms with Gasteiger partial charge in [0.15, 0.2) is 0 Å². The molecule has 94 valence electrons. The number of aromatic nitrogens is 1. The summed E-state index contributed by atoms with van der Waals surface area (Å²) in [5.74, 6) is -0.172. The van der Waals surface area contributed by atoms with Crippen molar-refractivity contribution in [1.82, 2.24) is 10.3 Å². The van der Waals surface area contributed by atoms with Crippen molar-refractivity contribution in [2.45, 2.75) is 19.4 Å². The van der Waals surface area contributed by atoms with Crippen molar-refractivity contribution in [3.63, 3.8) is 0 Å². The molecule has 0 bridgehead atoms. The number of nitrogens with zero attached hydrogens (tertiary/aromatic N) is 1. The summed E-state index contributed by atoms with van der Waals surface area (Å²) in [4.78, 5) is 15.1. The van der Waals surface area contributed by atoms with Crippen LogP contribution >= 0.6 is 31.9 Å². The van der Waals surface area contributed by atoms with E-state index in [4.69, 9.17) is 0 Å². The molecular weight excluding hydrogens is 352 g/mol. The van der Waals surface area contributed by atoms with E-state index in [1.54, 1.807) is 6.20 Å². The Bertz CT molecular complexity index is 386. The molecular formula is C11H14Br2N2O2. The Labute approximate surface area is 117 Å². The quantitative estimate of drug-likeness (QED) is 0.622. The molecule has 0 aliphatic carbocycles. The molecule has 1 aromatic heterocycles. The van der Waals surface area contributed by atoms with Gasteiger partial charge in [0, 0.05) is 28.1 Å². The van der Waals surface area contributed by atoms with Crippen LogP contribution in [0.25, 0.3) is 0 Å². The van der Waals surface area contributed by atoms with E-state index in [9.17, 15) is 4.79 Å². The summed E-state index contributed by atoms with van der Waals surface area (Å²) in [5.41, 5.74) is 0.950. The zero-order valence-electron chi connectivity index (χ0n) is 9.50. The minimum Gasteiger partial charge on any atom is -0.469 e. The van der Waals surface area contributed by atoms with E-state index in [1.165, 1.54) is 7.11 Å². The fourth-order valence-electron chi connectivity index (χ4n) is 1.24. The summed E-state index contributed by atoms with van der Waals surface area (Å²) < 4.78 is 6.46. The number of ether oxygens (including phenoxy) is 1. The van der Waals surface area contributed by atoms with Crippen LogP contribution in [0.5, 0.6) is 0 Å². The molecule has 0 fully saturated rings. The van der Waals surface area contributed by atoms with Gasteiger partial charge in [0.05, 0.1) is 12.8 Å². The lowest BCUT2D eigenvalue weighted by Crippen LogP contribution is -2.17. The van der Waals surface area contributed by atoms with Crippen LogP contribution in [-0.2, 0) is 16.1 Å². The minimum atomic E-state index is -0.172. The lowest BCUT2D eigenvalue weighted by atomic mass is 10.3. The van der Waals surface area contributed by atoms with Gasteiger partial charge in [-0.2, -0.15) is 0 Å². The third-order valence-electron chi connectivity index (χ3n) is 2.14. The van der Waals surface area contributed by atoms with Gasteiger partial charge in [0.25, 0.3) is 0 Å². The second-order valence-corrected chi connectivity index (χ2v) is 5.21. The molecule has 17 heavy (non-hydrogen) atoms. The fourth-order valence-corrected chi connectivity index (χ4v) is 2.37. The summed E-state index contributed by atoms with van der Waals surface area (Å²) in [6.45, 7) is 1.44. The van der Waals surface area contributed by atoms with E-state index < -0.39 is 0 Å². The van der Waals surface area contributed by atoms with Gasteiger partial charge in [-0.15, -0.1) is 0 Å². The first-order valence-corrected chi connectivity index (χ1v) is 6.79. The number of halogens is 2. The first-order valence-electron chi connectivity index (χ1n) is 5.21. The summed E-state index contributed by atoms with van der Waals surface area (Å²) in [6.07, 6.45) is 2.97. The molecule has 4 nitrogen and oxygen atoms in total. The number of esters is 1. The third-order valence-corrected chi connectivity index (χ3v) is 3.26. The molecule has 1 aromatic rings. The predicted molar refractivity (Wildman–Crippen MR) is 72.6 cm³/mol. The van der Waals surface area contributed by atoms with E-state index in [2.05, 4.69) is 46.9 Å². The SMILES string of the molecule is COC(=O)CCCNCc1ncc(Br)cc1Br. The molecule has 0 saturated carbocycles. The lowest BCUT2D eigenvalue weighted by molar-refractivity contribution is -0.140. The smallest absolute Gasteiger partial charge is 0.305 e. The van der Waals surface area contributed by atoms with Gasteiger partial charge in [-0.1, -0.05) is 0 Å². The fraction of sp³-hybridized carbons (Fsp3) is 0.455. The van der Waals surface area contributed by atoms with E-state index in [0.717, 1.165) is 27.6 Å². The minimum absolute atomic E-state index is 0.172. The van der Waals surface area contributed by atoms with Crippen LogP contribution in [0.3, 0.4) is 0 Å². The molecule has 0 saturated heterocycles. The zero-order chi connectivity index (χ0) is 12.7. The number of rotatable bonds is 6. The molecule has 0 amide bonds. The number of hydrogen-bond acceptors (Lipinski definition) is 4. The van der Waals surface area contributed by atoms with Crippen LogP contribution in [0.15, 0.2) is 21.2 Å². The maximum Gasteiger partial charge on any atom is 0.305 e. The van der Waals surface area contributed by atoms with Crippen LogP contribution in [0.4, 0.5) is 0 Å². The molecule has 0 aromatic carbocycles. The van der Waals surface area contributed by atoms with Crippen molar-refractivity contribution in [2.24, 2.45) is 0 Å². The first kappa shape index (κ1) is 14.6. The molecule has 0 spiro atoms. The summed E-state index contributed by atoms with van der Waals surface area (Å²) in [7, 11) is 1.40. The Morgan fingerprint density at radius 1 is 1.53 bits per heavy atom. The number of nitrogens with one attached hydrogen (secondary N) is 1. The average Bonchev–Trinajstić information content (AvgIpc) is 2.30. The largest absolute Gasteiger partial charge is 0.469 e. The van der Waals surface area contributed by atoms with Crippen molar-refractivity contribution in [3.05, 3.63) is 26.9 Å². The zero-order valence-corrected chi connectivity index (χ0v) is 12.7. The second kappa shape index (κ2) is 7.79. The van der Waals surface area contributed by atoms with Gasteiger partial charge in [-0.25, -0.2) is 0 Å². The molecule has 0 aliphatic heterocycles. The highest BCUT2D eigenvalue weighted by atomic mass is 79.9. The lowest BCUT2D eigenvalue weighted by Gasteiger charge is -2.06. The average molecular weight is 366 g/mol. The van der Waals surface area contributed by atoms with Crippen molar-refractivity contribution in [2.75, 3.05) is 13.7 Å². The van der Waals surface area contributed by atoms with E-state index >= 15 is 0 Å². The van der Waals surface area contributed by atoms with E-state index in [1.807, 2.05) is 6.07 Å². The van der Waals surface area contributed by atoms with Gasteiger partial charge in [-0.3, -0.25) is 9.78 Å². The van der Waals surface area contributed by atoms with Gasteiger partial charge < -0.3 is 10.1 Å². The van der Waals surface area contributed by atoms with Crippen molar-refractivity contribution >= 4 is 37.8 Å². The van der Waals surface area contributed by atoms with Crippen LogP contribution in [0.2, 0.25) is 0 Å². The molecule has 0 aliphatic rings. The molecule has 1 rings (SSSR count).